The Bertz CT molecular complexity index is 1670. The van der Waals surface area contributed by atoms with Gasteiger partial charge in [-0.2, -0.15) is 0 Å². The van der Waals surface area contributed by atoms with Gasteiger partial charge in [-0.3, -0.25) is 19.2 Å². The van der Waals surface area contributed by atoms with E-state index in [0.29, 0.717) is 18.4 Å². The lowest BCUT2D eigenvalue weighted by atomic mass is 9.36. The van der Waals surface area contributed by atoms with Gasteiger partial charge in [0.2, 0.25) is 5.78 Å². The molecular weight excluding hydrogens is 572 g/mol. The second-order valence-electron chi connectivity index (χ2n) is 13.7. The molecule has 0 bridgehead atoms. The quantitative estimate of drug-likeness (QED) is 0.266. The standard InChI is InChI=1S/C37H42O8/c1-7-22(39)18-26-35(5)24(17-16-21-12-9-8-10-13-21)23-14-11-15-25(40)28(23)32(42)30(35)34(44)37(45)33(43)27(20(4)38)31(41)29(19(2)3)36(26,37)6/h8-15,19,24,26,29,40,42-43,45H,7,16-18H2,1-6H3/t24-,26-,29?,35-,36-,37+/m1/s1. The summed E-state index contributed by atoms with van der Waals surface area (Å²) in [5.41, 5.74) is -5.14. The molecule has 0 heterocycles. The molecule has 0 aromatic heterocycles. The monoisotopic (exact) mass is 614 g/mol. The Hall–Kier alpha value is -4.04. The molecule has 5 rings (SSSR count). The van der Waals surface area contributed by atoms with Gasteiger partial charge in [0.1, 0.15) is 28.6 Å². The van der Waals surface area contributed by atoms with Crippen molar-refractivity contribution < 1.29 is 39.6 Å². The number of rotatable bonds is 8. The number of fused-ring (bicyclic) bond motifs is 3. The molecule has 45 heavy (non-hydrogen) atoms. The third kappa shape index (κ3) is 4.28. The summed E-state index contributed by atoms with van der Waals surface area (Å²) in [5.74, 6) is -7.72. The van der Waals surface area contributed by atoms with Gasteiger partial charge in [-0.05, 0) is 54.7 Å². The van der Waals surface area contributed by atoms with Crippen LogP contribution in [0.5, 0.6) is 5.75 Å². The van der Waals surface area contributed by atoms with E-state index < -0.39 is 74.5 Å². The van der Waals surface area contributed by atoms with E-state index >= 15 is 0 Å². The normalized spacial score (nSPS) is 31.1. The third-order valence-electron chi connectivity index (χ3n) is 11.1. The molecule has 2 aromatic rings. The van der Waals surface area contributed by atoms with E-state index in [1.54, 1.807) is 46.8 Å². The molecule has 0 spiro atoms. The molecule has 2 aromatic carbocycles. The van der Waals surface area contributed by atoms with Crippen LogP contribution in [0.3, 0.4) is 0 Å². The van der Waals surface area contributed by atoms with Crippen molar-refractivity contribution in [3.63, 3.8) is 0 Å². The predicted molar refractivity (Wildman–Crippen MR) is 168 cm³/mol. The highest BCUT2D eigenvalue weighted by atomic mass is 16.3. The van der Waals surface area contributed by atoms with Crippen molar-refractivity contribution in [1.29, 1.82) is 0 Å². The molecule has 3 aliphatic carbocycles. The van der Waals surface area contributed by atoms with Crippen molar-refractivity contribution in [1.82, 2.24) is 0 Å². The van der Waals surface area contributed by atoms with Gasteiger partial charge < -0.3 is 20.4 Å². The van der Waals surface area contributed by atoms with Crippen LogP contribution >= 0.6 is 0 Å². The molecule has 1 unspecified atom stereocenters. The Morgan fingerprint density at radius 2 is 1.60 bits per heavy atom. The highest BCUT2D eigenvalue weighted by Gasteiger charge is 2.77. The zero-order valence-electron chi connectivity index (χ0n) is 26.7. The van der Waals surface area contributed by atoms with E-state index in [0.717, 1.165) is 12.5 Å². The number of benzene rings is 2. The van der Waals surface area contributed by atoms with Gasteiger partial charge in [-0.25, -0.2) is 0 Å². The minimum absolute atomic E-state index is 0.0479. The number of aryl methyl sites for hydroxylation is 1. The smallest absolute Gasteiger partial charge is 0.203 e. The number of ketones is 4. The van der Waals surface area contributed by atoms with Crippen molar-refractivity contribution in [2.45, 2.75) is 78.7 Å². The number of hydrogen-bond donors (Lipinski definition) is 4. The second kappa shape index (κ2) is 11.1. The topological polar surface area (TPSA) is 149 Å². The van der Waals surface area contributed by atoms with Crippen LogP contribution in [0, 0.1) is 28.6 Å². The van der Waals surface area contributed by atoms with Crippen LogP contribution in [-0.4, -0.2) is 49.2 Å². The highest BCUT2D eigenvalue weighted by Crippen LogP contribution is 2.71. The zero-order valence-corrected chi connectivity index (χ0v) is 26.7. The number of allylic oxidation sites excluding steroid dienone is 1. The van der Waals surface area contributed by atoms with Crippen LogP contribution in [0.1, 0.15) is 83.4 Å². The van der Waals surface area contributed by atoms with Crippen LogP contribution in [-0.2, 0) is 25.6 Å². The molecule has 0 radical (unpaired) electrons. The van der Waals surface area contributed by atoms with Crippen LogP contribution < -0.4 is 0 Å². The molecule has 1 fully saturated rings. The molecule has 0 aliphatic heterocycles. The molecule has 3 aliphatic rings. The minimum atomic E-state index is -2.82. The highest BCUT2D eigenvalue weighted by molar-refractivity contribution is 6.24. The van der Waals surface area contributed by atoms with Gasteiger partial charge >= 0.3 is 0 Å². The summed E-state index contributed by atoms with van der Waals surface area (Å²) in [6.45, 7) is 9.67. The SMILES string of the molecule is CCC(=O)C[C@@H]1[C@]2(C)C(=C(O)c3c(O)cccc3[C@H]2CCc2ccccc2)C(=O)[C@@]2(O)C(O)=C(C(C)=O)C(=O)C(C(C)C)[C@@]12C. The fraction of sp³-hybridized carbons (Fsp3) is 0.459. The number of phenols is 1. The maximum absolute atomic E-state index is 15.0. The minimum Gasteiger partial charge on any atom is -0.508 e. The van der Waals surface area contributed by atoms with Crippen molar-refractivity contribution in [2.75, 3.05) is 0 Å². The summed E-state index contributed by atoms with van der Waals surface area (Å²) in [5, 5.41) is 47.3. The molecule has 6 atom stereocenters. The van der Waals surface area contributed by atoms with E-state index in [4.69, 9.17) is 0 Å². The van der Waals surface area contributed by atoms with Crippen LogP contribution in [0.15, 0.2) is 65.4 Å². The van der Waals surface area contributed by atoms with Gasteiger partial charge in [-0.1, -0.05) is 77.1 Å². The first-order valence-corrected chi connectivity index (χ1v) is 15.7. The van der Waals surface area contributed by atoms with E-state index in [9.17, 15) is 39.6 Å². The summed E-state index contributed by atoms with van der Waals surface area (Å²) in [7, 11) is 0. The number of carbonyl (C=O) groups is 4. The molecule has 1 saturated carbocycles. The predicted octanol–water partition coefficient (Wildman–Crippen LogP) is 5.96. The Kier molecular flexibility index (Phi) is 7.97. The maximum Gasteiger partial charge on any atom is 0.203 e. The van der Waals surface area contributed by atoms with Gasteiger partial charge in [-0.15, -0.1) is 0 Å². The first kappa shape index (κ1) is 32.4. The largest absolute Gasteiger partial charge is 0.508 e. The van der Waals surface area contributed by atoms with Crippen molar-refractivity contribution >= 4 is 28.9 Å². The second-order valence-corrected chi connectivity index (χ2v) is 13.7. The Morgan fingerprint density at radius 1 is 0.956 bits per heavy atom. The van der Waals surface area contributed by atoms with Crippen molar-refractivity contribution in [3.05, 3.63) is 82.1 Å². The maximum atomic E-state index is 15.0. The van der Waals surface area contributed by atoms with E-state index in [1.165, 1.54) is 6.07 Å². The van der Waals surface area contributed by atoms with E-state index in [2.05, 4.69) is 0 Å². The Balaban J connectivity index is 1.91. The van der Waals surface area contributed by atoms with E-state index in [-0.39, 0.29) is 35.5 Å². The first-order valence-electron chi connectivity index (χ1n) is 15.7. The molecule has 4 N–H and O–H groups in total. The zero-order chi connectivity index (χ0) is 33.2. The summed E-state index contributed by atoms with van der Waals surface area (Å²) in [6.07, 6.45) is 0.977. The number of aliphatic hydroxyl groups is 3. The van der Waals surface area contributed by atoms with Crippen LogP contribution in [0.4, 0.5) is 0 Å². The number of Topliss-reactive ketones (excluding diaryl/α,β-unsaturated/α-hetero) is 4. The Morgan fingerprint density at radius 3 is 2.18 bits per heavy atom. The molecule has 0 amide bonds. The number of hydrogen-bond acceptors (Lipinski definition) is 8. The van der Waals surface area contributed by atoms with Gasteiger partial charge in [0.25, 0.3) is 0 Å². The lowest BCUT2D eigenvalue weighted by molar-refractivity contribution is -0.200. The van der Waals surface area contributed by atoms with E-state index in [1.807, 2.05) is 30.3 Å². The van der Waals surface area contributed by atoms with Crippen LogP contribution in [0.2, 0.25) is 0 Å². The molecule has 8 nitrogen and oxygen atoms in total. The molecule has 8 heteroatoms. The number of aliphatic hydroxyl groups excluding tert-OH is 2. The summed E-state index contributed by atoms with van der Waals surface area (Å²) in [6, 6.07) is 14.6. The lowest BCUT2D eigenvalue weighted by Gasteiger charge is -2.65. The van der Waals surface area contributed by atoms with Crippen LogP contribution in [0.25, 0.3) is 5.76 Å². The molecule has 238 valence electrons. The number of phenolic OH excluding ortho intramolecular Hbond substituents is 1. The first-order chi connectivity index (χ1) is 21.1. The fourth-order valence-electron chi connectivity index (χ4n) is 9.13. The average Bonchev–Trinajstić information content (AvgIpc) is 2.97. The number of aromatic hydroxyl groups is 1. The lowest BCUT2D eigenvalue weighted by Crippen LogP contribution is -2.73. The summed E-state index contributed by atoms with van der Waals surface area (Å²) in [4.78, 5) is 55.4. The summed E-state index contributed by atoms with van der Waals surface area (Å²) < 4.78 is 0. The molecular formula is C37H42O8. The van der Waals surface area contributed by atoms with Gasteiger partial charge in [0, 0.05) is 35.2 Å². The fourth-order valence-corrected chi connectivity index (χ4v) is 9.13. The van der Waals surface area contributed by atoms with Gasteiger partial charge in [0.15, 0.2) is 17.2 Å². The Labute approximate surface area is 263 Å². The average molecular weight is 615 g/mol. The number of carbonyl (C=O) groups excluding carboxylic acids is 4. The van der Waals surface area contributed by atoms with Crippen molar-refractivity contribution in [2.24, 2.45) is 28.6 Å². The summed E-state index contributed by atoms with van der Waals surface area (Å²) >= 11 is 0. The molecule has 0 saturated heterocycles. The third-order valence-corrected chi connectivity index (χ3v) is 11.1. The van der Waals surface area contributed by atoms with Gasteiger partial charge in [0.05, 0.1) is 5.56 Å². The van der Waals surface area contributed by atoms with Crippen molar-refractivity contribution in [3.8, 4) is 5.75 Å².